The molecule has 0 spiro atoms. The number of aliphatic hydroxyl groups excluding tert-OH is 1. The maximum absolute atomic E-state index is 12.5. The molecule has 0 saturated carbocycles. The van der Waals surface area contributed by atoms with Gasteiger partial charge in [0.1, 0.15) is 5.60 Å². The van der Waals surface area contributed by atoms with Crippen molar-refractivity contribution in [2.24, 2.45) is 5.41 Å². The Kier molecular flexibility index (Phi) is 6.83. The second-order valence-electron chi connectivity index (χ2n) is 8.91. The van der Waals surface area contributed by atoms with Crippen LogP contribution < -0.4 is 9.47 Å². The summed E-state index contributed by atoms with van der Waals surface area (Å²) in [5.41, 5.74) is -0.00283. The van der Waals surface area contributed by atoms with Crippen LogP contribution in [-0.2, 0) is 14.3 Å². The number of hydrogen-bond acceptors (Lipinski definition) is 6. The highest BCUT2D eigenvalue weighted by molar-refractivity contribution is 5.80. The van der Waals surface area contributed by atoms with Crippen molar-refractivity contribution in [3.63, 3.8) is 0 Å². The van der Waals surface area contributed by atoms with Gasteiger partial charge in [0.25, 0.3) is 5.91 Å². The van der Waals surface area contributed by atoms with Gasteiger partial charge >= 0.3 is 5.97 Å². The van der Waals surface area contributed by atoms with Crippen molar-refractivity contribution < 1.29 is 28.9 Å². The Bertz CT molecular complexity index is 754. The lowest BCUT2D eigenvalue weighted by Gasteiger charge is -2.34. The number of likely N-dealkylation sites (tertiary alicyclic amines) is 1. The van der Waals surface area contributed by atoms with Crippen molar-refractivity contribution in [3.8, 4) is 11.5 Å². The average Bonchev–Trinajstić information content (AvgIpc) is 2.97. The average molecular weight is 408 g/mol. The monoisotopic (exact) mass is 407 g/mol. The zero-order chi connectivity index (χ0) is 22.0. The molecule has 1 aliphatic rings. The summed E-state index contributed by atoms with van der Waals surface area (Å²) in [6, 6.07) is 5.72. The maximum Gasteiger partial charge on any atom is 0.303 e. The summed E-state index contributed by atoms with van der Waals surface area (Å²) >= 11 is 0. The lowest BCUT2D eigenvalue weighted by molar-refractivity contribution is -0.150. The number of carbonyl (C=O) groups is 2. The minimum absolute atomic E-state index is 0.114. The third-order valence-corrected chi connectivity index (χ3v) is 5.44. The Morgan fingerprint density at radius 2 is 1.97 bits per heavy atom. The van der Waals surface area contributed by atoms with Crippen molar-refractivity contribution in [1.29, 1.82) is 0 Å². The van der Waals surface area contributed by atoms with Crippen LogP contribution in [0.5, 0.6) is 11.5 Å². The molecule has 1 saturated heterocycles. The summed E-state index contributed by atoms with van der Waals surface area (Å²) in [4.78, 5) is 25.2. The molecule has 1 heterocycles. The number of methoxy groups -OCH3 is 1. The number of ether oxygens (including phenoxy) is 3. The van der Waals surface area contributed by atoms with Crippen molar-refractivity contribution in [1.82, 2.24) is 4.90 Å². The van der Waals surface area contributed by atoms with Crippen LogP contribution in [-0.4, -0.2) is 60.4 Å². The first-order valence-corrected chi connectivity index (χ1v) is 9.83. The summed E-state index contributed by atoms with van der Waals surface area (Å²) in [5.74, 6) is 0.371. The Morgan fingerprint density at radius 3 is 2.48 bits per heavy atom. The van der Waals surface area contributed by atoms with Gasteiger partial charge in [-0.25, -0.2) is 0 Å². The van der Waals surface area contributed by atoms with Gasteiger partial charge in [-0.15, -0.1) is 0 Å². The number of amides is 1. The molecule has 1 amide bonds. The van der Waals surface area contributed by atoms with E-state index in [1.165, 1.54) is 6.92 Å². The van der Waals surface area contributed by atoms with Gasteiger partial charge in [0.05, 0.1) is 13.2 Å². The van der Waals surface area contributed by atoms with Crippen LogP contribution in [0.15, 0.2) is 18.2 Å². The topological polar surface area (TPSA) is 85.3 Å². The molecule has 0 aromatic heterocycles. The highest BCUT2D eigenvalue weighted by Crippen LogP contribution is 2.47. The molecule has 7 heteroatoms. The number of esters is 1. The van der Waals surface area contributed by atoms with Gasteiger partial charge in [-0.1, -0.05) is 13.0 Å². The molecule has 7 nitrogen and oxygen atoms in total. The van der Waals surface area contributed by atoms with Gasteiger partial charge in [-0.3, -0.25) is 9.59 Å². The minimum Gasteiger partial charge on any atom is -0.493 e. The lowest BCUT2D eigenvalue weighted by atomic mass is 9.72. The van der Waals surface area contributed by atoms with Crippen LogP contribution in [0.3, 0.4) is 0 Å². The fourth-order valence-electron chi connectivity index (χ4n) is 3.69. The maximum atomic E-state index is 12.5. The van der Waals surface area contributed by atoms with E-state index in [1.54, 1.807) is 18.9 Å². The Balaban J connectivity index is 2.36. The standard InChI is InChI=1S/C22H33NO6/c1-14(24)22(6)13-23(20(26)12-28-15(2)25)11-17(22)16-8-9-18(27-7)19(10-16)29-21(3,4)5/h8-10,14,17,24H,11-13H2,1-7H3/t14-,17+,22+/m1/s1. The predicted molar refractivity (Wildman–Crippen MR) is 109 cm³/mol. The van der Waals surface area contributed by atoms with Gasteiger partial charge in [0.15, 0.2) is 18.1 Å². The first-order chi connectivity index (χ1) is 13.4. The highest BCUT2D eigenvalue weighted by atomic mass is 16.5. The van der Waals surface area contributed by atoms with Crippen LogP contribution in [0.1, 0.15) is 53.0 Å². The number of hydrogen-bond donors (Lipinski definition) is 1. The van der Waals surface area contributed by atoms with Crippen molar-refractivity contribution in [3.05, 3.63) is 23.8 Å². The van der Waals surface area contributed by atoms with Crippen LogP contribution in [0.25, 0.3) is 0 Å². The molecule has 1 N–H and O–H groups in total. The third kappa shape index (κ3) is 5.41. The summed E-state index contributed by atoms with van der Waals surface area (Å²) in [6.07, 6.45) is -0.645. The van der Waals surface area contributed by atoms with E-state index in [2.05, 4.69) is 0 Å². The summed E-state index contributed by atoms with van der Waals surface area (Å²) < 4.78 is 16.4. The Hall–Kier alpha value is -2.28. The molecule has 0 aliphatic carbocycles. The van der Waals surface area contributed by atoms with Crippen LogP contribution >= 0.6 is 0 Å². The molecule has 162 valence electrons. The molecule has 29 heavy (non-hydrogen) atoms. The second-order valence-corrected chi connectivity index (χ2v) is 8.91. The number of benzene rings is 1. The molecule has 0 radical (unpaired) electrons. The SMILES string of the molecule is COc1ccc([C@@H]2CN(C(=O)COC(C)=O)C[C@@]2(C)[C@@H](C)O)cc1OC(C)(C)C. The third-order valence-electron chi connectivity index (χ3n) is 5.44. The van der Waals surface area contributed by atoms with E-state index in [4.69, 9.17) is 14.2 Å². The molecule has 1 aromatic carbocycles. The molecule has 1 fully saturated rings. The van der Waals surface area contributed by atoms with Crippen LogP contribution in [0.2, 0.25) is 0 Å². The second kappa shape index (κ2) is 8.61. The van der Waals surface area contributed by atoms with E-state index >= 15 is 0 Å². The molecule has 0 bridgehead atoms. The summed E-state index contributed by atoms with van der Waals surface area (Å²) in [6.45, 7) is 11.4. The van der Waals surface area contributed by atoms with Crippen LogP contribution in [0, 0.1) is 5.41 Å². The quantitative estimate of drug-likeness (QED) is 0.730. The van der Waals surface area contributed by atoms with Crippen molar-refractivity contribution in [2.45, 2.75) is 59.2 Å². The van der Waals surface area contributed by atoms with E-state index in [1.807, 2.05) is 45.9 Å². The highest BCUT2D eigenvalue weighted by Gasteiger charge is 2.48. The van der Waals surface area contributed by atoms with E-state index in [-0.39, 0.29) is 18.4 Å². The van der Waals surface area contributed by atoms with E-state index in [0.29, 0.717) is 24.6 Å². The molecule has 1 aliphatic heterocycles. The number of aliphatic hydroxyl groups is 1. The van der Waals surface area contributed by atoms with Gasteiger partial charge in [0.2, 0.25) is 0 Å². The van der Waals surface area contributed by atoms with Gasteiger partial charge < -0.3 is 24.2 Å². The zero-order valence-electron chi connectivity index (χ0n) is 18.4. The zero-order valence-corrected chi connectivity index (χ0v) is 18.4. The number of carbonyl (C=O) groups excluding carboxylic acids is 2. The van der Waals surface area contributed by atoms with Gasteiger partial charge in [-0.2, -0.15) is 0 Å². The van der Waals surface area contributed by atoms with E-state index in [9.17, 15) is 14.7 Å². The van der Waals surface area contributed by atoms with E-state index < -0.39 is 23.1 Å². The van der Waals surface area contributed by atoms with Crippen molar-refractivity contribution in [2.75, 3.05) is 26.8 Å². The Labute approximate surface area is 172 Å². The van der Waals surface area contributed by atoms with E-state index in [0.717, 1.165) is 5.56 Å². The number of nitrogens with zero attached hydrogens (tertiary/aromatic N) is 1. The molecular formula is C22H33NO6. The summed E-state index contributed by atoms with van der Waals surface area (Å²) in [7, 11) is 1.59. The van der Waals surface area contributed by atoms with Gasteiger partial charge in [0, 0.05) is 31.3 Å². The molecule has 1 aromatic rings. The summed E-state index contributed by atoms with van der Waals surface area (Å²) in [5, 5.41) is 10.5. The fraction of sp³-hybridized carbons (Fsp3) is 0.636. The normalized spacial score (nSPS) is 22.9. The smallest absolute Gasteiger partial charge is 0.303 e. The molecule has 2 rings (SSSR count). The molecular weight excluding hydrogens is 374 g/mol. The molecule has 0 unspecified atom stereocenters. The molecule has 3 atom stereocenters. The minimum atomic E-state index is -0.645. The van der Waals surface area contributed by atoms with Crippen molar-refractivity contribution >= 4 is 11.9 Å². The largest absolute Gasteiger partial charge is 0.493 e. The lowest BCUT2D eigenvalue weighted by Crippen LogP contribution is -2.39. The van der Waals surface area contributed by atoms with Gasteiger partial charge in [-0.05, 0) is 45.4 Å². The number of rotatable bonds is 6. The fourth-order valence-corrected chi connectivity index (χ4v) is 3.69. The first-order valence-electron chi connectivity index (χ1n) is 9.83. The first kappa shape index (κ1) is 23.0. The Morgan fingerprint density at radius 1 is 1.31 bits per heavy atom. The predicted octanol–water partition coefficient (Wildman–Crippen LogP) is 2.75. The van der Waals surface area contributed by atoms with Crippen LogP contribution in [0.4, 0.5) is 0 Å².